The van der Waals surface area contributed by atoms with Crippen molar-refractivity contribution in [3.05, 3.63) is 54.4 Å². The maximum Gasteiger partial charge on any atom is 0.212 e. The van der Waals surface area contributed by atoms with Crippen LogP contribution in [0.4, 0.5) is 0 Å². The second kappa shape index (κ2) is 5.34. The third-order valence-corrected chi connectivity index (χ3v) is 4.51. The molecule has 0 aliphatic carbocycles. The van der Waals surface area contributed by atoms with Crippen molar-refractivity contribution < 1.29 is 4.74 Å². The van der Waals surface area contributed by atoms with Gasteiger partial charge in [0, 0.05) is 23.5 Å². The van der Waals surface area contributed by atoms with E-state index in [2.05, 4.69) is 20.6 Å². The van der Waals surface area contributed by atoms with Crippen molar-refractivity contribution in [2.75, 3.05) is 12.5 Å². The molecule has 1 aliphatic heterocycles. The van der Waals surface area contributed by atoms with Crippen LogP contribution in [0, 0.1) is 0 Å². The van der Waals surface area contributed by atoms with Crippen LogP contribution in [-0.4, -0.2) is 27.0 Å². The molecule has 0 spiro atoms. The second-order valence-electron chi connectivity index (χ2n) is 4.75. The Balaban J connectivity index is 1.68. The molecule has 0 bridgehead atoms. The topological polar surface area (TPSA) is 64.9 Å². The highest BCUT2D eigenvalue weighted by atomic mass is 32.2. The number of nitrogens with one attached hydrogen (secondary N) is 1. The Morgan fingerprint density at radius 2 is 2.09 bits per heavy atom. The highest BCUT2D eigenvalue weighted by Gasteiger charge is 2.29. The molecule has 4 rings (SSSR count). The normalized spacial score (nSPS) is 16.1. The van der Waals surface area contributed by atoms with Crippen molar-refractivity contribution in [1.29, 1.82) is 0 Å². The van der Waals surface area contributed by atoms with Crippen LogP contribution in [0.1, 0.15) is 10.9 Å². The number of methoxy groups -OCH3 is 1. The van der Waals surface area contributed by atoms with Gasteiger partial charge in [0.2, 0.25) is 5.16 Å². The van der Waals surface area contributed by atoms with E-state index < -0.39 is 0 Å². The van der Waals surface area contributed by atoms with Crippen LogP contribution >= 0.6 is 11.8 Å². The zero-order valence-corrected chi connectivity index (χ0v) is 12.6. The number of pyridine rings is 1. The Labute approximate surface area is 131 Å². The van der Waals surface area contributed by atoms with Crippen LogP contribution in [0.2, 0.25) is 0 Å². The standard InChI is InChI=1S/C15H13N5OS/c1-21-12-7-3-2-6-11(12)14-19-20-13(17-18-15(20)22-14)10-5-4-8-16-9-10/h2-9,14,19H,1H3. The van der Waals surface area contributed by atoms with E-state index in [4.69, 9.17) is 4.74 Å². The van der Waals surface area contributed by atoms with Gasteiger partial charge < -0.3 is 10.2 Å². The fourth-order valence-corrected chi connectivity index (χ4v) is 3.43. The minimum Gasteiger partial charge on any atom is -0.496 e. The van der Waals surface area contributed by atoms with E-state index in [0.717, 1.165) is 27.9 Å². The molecule has 7 heteroatoms. The summed E-state index contributed by atoms with van der Waals surface area (Å²) in [5, 5.41) is 9.35. The third-order valence-electron chi connectivity index (χ3n) is 3.44. The van der Waals surface area contributed by atoms with Crippen molar-refractivity contribution in [1.82, 2.24) is 19.9 Å². The molecule has 0 amide bonds. The molecule has 3 aromatic rings. The lowest BCUT2D eigenvalue weighted by Crippen LogP contribution is -2.14. The molecule has 1 aromatic carbocycles. The van der Waals surface area contributed by atoms with Crippen molar-refractivity contribution in [2.45, 2.75) is 10.5 Å². The quantitative estimate of drug-likeness (QED) is 0.802. The van der Waals surface area contributed by atoms with Crippen LogP contribution in [0.25, 0.3) is 11.4 Å². The fourth-order valence-electron chi connectivity index (χ4n) is 2.41. The average Bonchev–Trinajstić information content (AvgIpc) is 3.16. The Hall–Kier alpha value is -2.54. The first-order chi connectivity index (χ1) is 10.9. The molecular formula is C15H13N5OS. The molecule has 3 heterocycles. The van der Waals surface area contributed by atoms with Gasteiger partial charge in [0.1, 0.15) is 11.1 Å². The van der Waals surface area contributed by atoms with E-state index in [-0.39, 0.29) is 5.37 Å². The summed E-state index contributed by atoms with van der Waals surface area (Å²) in [4.78, 5) is 4.14. The Morgan fingerprint density at radius 1 is 1.18 bits per heavy atom. The Bertz CT molecular complexity index is 805. The lowest BCUT2D eigenvalue weighted by molar-refractivity contribution is 0.409. The maximum absolute atomic E-state index is 5.44. The van der Waals surface area contributed by atoms with Gasteiger partial charge in [-0.15, -0.1) is 10.2 Å². The monoisotopic (exact) mass is 311 g/mol. The molecule has 0 saturated heterocycles. The minimum absolute atomic E-state index is 0.0390. The highest BCUT2D eigenvalue weighted by Crippen LogP contribution is 2.42. The Kier molecular flexibility index (Phi) is 3.19. The number of ether oxygens (including phenoxy) is 1. The third kappa shape index (κ3) is 2.10. The van der Waals surface area contributed by atoms with Gasteiger partial charge >= 0.3 is 0 Å². The molecule has 1 aliphatic rings. The van der Waals surface area contributed by atoms with Crippen molar-refractivity contribution in [3.63, 3.8) is 0 Å². The predicted molar refractivity (Wildman–Crippen MR) is 84.2 cm³/mol. The van der Waals surface area contributed by atoms with Crippen LogP contribution in [0.3, 0.4) is 0 Å². The predicted octanol–water partition coefficient (Wildman–Crippen LogP) is 2.70. The van der Waals surface area contributed by atoms with E-state index in [1.54, 1.807) is 31.3 Å². The molecule has 22 heavy (non-hydrogen) atoms. The SMILES string of the molecule is COc1ccccc1C1Nn2c(nnc2-c2cccnc2)S1. The largest absolute Gasteiger partial charge is 0.496 e. The molecule has 6 nitrogen and oxygen atoms in total. The van der Waals surface area contributed by atoms with Crippen molar-refractivity contribution in [2.24, 2.45) is 0 Å². The summed E-state index contributed by atoms with van der Waals surface area (Å²) in [7, 11) is 1.68. The molecule has 110 valence electrons. The van der Waals surface area contributed by atoms with Gasteiger partial charge in [0.15, 0.2) is 5.82 Å². The first-order valence-electron chi connectivity index (χ1n) is 6.79. The minimum atomic E-state index is 0.0390. The molecular weight excluding hydrogens is 298 g/mol. The molecule has 0 radical (unpaired) electrons. The summed E-state index contributed by atoms with van der Waals surface area (Å²) in [6, 6.07) is 11.8. The van der Waals surface area contributed by atoms with Crippen molar-refractivity contribution >= 4 is 11.8 Å². The van der Waals surface area contributed by atoms with E-state index >= 15 is 0 Å². The van der Waals surface area contributed by atoms with Gasteiger partial charge in [-0.1, -0.05) is 30.0 Å². The van der Waals surface area contributed by atoms with Gasteiger partial charge in [-0.25, -0.2) is 4.68 Å². The molecule has 1 N–H and O–H groups in total. The van der Waals surface area contributed by atoms with E-state index in [1.165, 1.54) is 0 Å². The van der Waals surface area contributed by atoms with Crippen LogP contribution < -0.4 is 10.2 Å². The maximum atomic E-state index is 5.44. The molecule has 0 fully saturated rings. The van der Waals surface area contributed by atoms with Gasteiger partial charge in [0.05, 0.1) is 7.11 Å². The number of hydrogen-bond acceptors (Lipinski definition) is 6. The lowest BCUT2D eigenvalue weighted by atomic mass is 10.2. The first kappa shape index (κ1) is 13.1. The number of benzene rings is 1. The van der Waals surface area contributed by atoms with Gasteiger partial charge in [-0.05, 0) is 18.2 Å². The summed E-state index contributed by atoms with van der Waals surface area (Å²) < 4.78 is 7.34. The molecule has 1 atom stereocenters. The number of fused-ring (bicyclic) bond motifs is 1. The average molecular weight is 311 g/mol. The number of hydrogen-bond donors (Lipinski definition) is 1. The highest BCUT2D eigenvalue weighted by molar-refractivity contribution is 7.99. The molecule has 1 unspecified atom stereocenters. The number of thioether (sulfide) groups is 1. The van der Waals surface area contributed by atoms with E-state index in [9.17, 15) is 0 Å². The summed E-state index contributed by atoms with van der Waals surface area (Å²) >= 11 is 1.61. The van der Waals surface area contributed by atoms with Gasteiger partial charge in [0.25, 0.3) is 0 Å². The lowest BCUT2D eigenvalue weighted by Gasteiger charge is -2.15. The molecule has 0 saturated carbocycles. The van der Waals surface area contributed by atoms with E-state index in [0.29, 0.717) is 0 Å². The molecule has 2 aromatic heterocycles. The summed E-state index contributed by atoms with van der Waals surface area (Å²) in [6.45, 7) is 0. The number of para-hydroxylation sites is 1. The number of nitrogens with zero attached hydrogens (tertiary/aromatic N) is 4. The first-order valence-corrected chi connectivity index (χ1v) is 7.67. The zero-order chi connectivity index (χ0) is 14.9. The fraction of sp³-hybridized carbons (Fsp3) is 0.133. The van der Waals surface area contributed by atoms with Gasteiger partial charge in [-0.2, -0.15) is 0 Å². The number of aromatic nitrogens is 4. The van der Waals surface area contributed by atoms with Crippen LogP contribution in [-0.2, 0) is 0 Å². The van der Waals surface area contributed by atoms with Gasteiger partial charge in [-0.3, -0.25) is 4.98 Å². The van der Waals surface area contributed by atoms with E-state index in [1.807, 2.05) is 41.1 Å². The van der Waals surface area contributed by atoms with Crippen LogP contribution in [0.15, 0.2) is 53.9 Å². The second-order valence-corrected chi connectivity index (χ2v) is 5.82. The summed E-state index contributed by atoms with van der Waals surface area (Å²) in [6.07, 6.45) is 3.52. The Morgan fingerprint density at radius 3 is 2.91 bits per heavy atom. The summed E-state index contributed by atoms with van der Waals surface area (Å²) in [5.74, 6) is 1.61. The van der Waals surface area contributed by atoms with Crippen molar-refractivity contribution in [3.8, 4) is 17.1 Å². The number of rotatable bonds is 3. The summed E-state index contributed by atoms with van der Waals surface area (Å²) in [5.41, 5.74) is 5.43. The zero-order valence-electron chi connectivity index (χ0n) is 11.8. The van der Waals surface area contributed by atoms with Crippen LogP contribution in [0.5, 0.6) is 5.75 Å². The smallest absolute Gasteiger partial charge is 0.212 e.